The summed E-state index contributed by atoms with van der Waals surface area (Å²) >= 11 is 0. The Kier molecular flexibility index (Phi) is 3.13. The average Bonchev–Trinajstić information content (AvgIpc) is 2.35. The number of aromatic nitrogens is 1. The molecule has 1 aromatic heterocycles. The number of alkyl halides is 3. The van der Waals surface area contributed by atoms with Crippen molar-refractivity contribution >= 4 is 10.9 Å². The van der Waals surface area contributed by atoms with Gasteiger partial charge in [0.15, 0.2) is 11.5 Å². The monoisotopic (exact) mass is 273 g/mol. The lowest BCUT2D eigenvalue weighted by Gasteiger charge is -2.14. The van der Waals surface area contributed by atoms with Gasteiger partial charge < -0.3 is 14.5 Å². The molecule has 102 valence electrons. The van der Waals surface area contributed by atoms with Crippen molar-refractivity contribution in [1.82, 2.24) is 4.98 Å². The number of nitrogens with one attached hydrogen (secondary N) is 1. The second-order valence-electron chi connectivity index (χ2n) is 3.77. The first-order valence-electron chi connectivity index (χ1n) is 5.23. The molecule has 1 heterocycles. The maximum Gasteiger partial charge on any atom is 0.417 e. The van der Waals surface area contributed by atoms with Crippen molar-refractivity contribution in [3.63, 3.8) is 0 Å². The van der Waals surface area contributed by atoms with E-state index in [0.717, 1.165) is 0 Å². The number of H-pyrrole nitrogens is 1. The van der Waals surface area contributed by atoms with E-state index in [0.29, 0.717) is 6.07 Å². The Morgan fingerprint density at radius 1 is 1.16 bits per heavy atom. The van der Waals surface area contributed by atoms with Gasteiger partial charge in [0.2, 0.25) is 5.56 Å². The van der Waals surface area contributed by atoms with Crippen LogP contribution in [0.1, 0.15) is 5.56 Å². The van der Waals surface area contributed by atoms with E-state index in [2.05, 4.69) is 4.98 Å². The highest BCUT2D eigenvalue weighted by molar-refractivity contribution is 5.90. The Morgan fingerprint density at radius 2 is 1.84 bits per heavy atom. The number of hydrogen-bond donors (Lipinski definition) is 1. The van der Waals surface area contributed by atoms with Crippen LogP contribution in [0.15, 0.2) is 23.0 Å². The standard InChI is InChI=1S/C12H10F3NO3/c1-18-8-4-3-6-7(12(13,14)15)5-9(17)16-10(6)11(8)19-2/h3-5H,1-2H3,(H,16,17). The molecular weight excluding hydrogens is 263 g/mol. The first kappa shape index (κ1) is 13.3. The molecule has 1 N–H and O–H groups in total. The molecule has 0 fully saturated rings. The van der Waals surface area contributed by atoms with Crippen molar-refractivity contribution in [2.75, 3.05) is 14.2 Å². The van der Waals surface area contributed by atoms with E-state index in [1.807, 2.05) is 0 Å². The first-order valence-corrected chi connectivity index (χ1v) is 5.23. The van der Waals surface area contributed by atoms with E-state index in [1.165, 1.54) is 26.4 Å². The molecular formula is C12H10F3NO3. The molecule has 0 saturated carbocycles. The number of halogens is 3. The molecule has 0 bridgehead atoms. The second-order valence-corrected chi connectivity index (χ2v) is 3.77. The van der Waals surface area contributed by atoms with Crippen molar-refractivity contribution in [2.45, 2.75) is 6.18 Å². The number of methoxy groups -OCH3 is 2. The fraction of sp³-hybridized carbons (Fsp3) is 0.250. The minimum absolute atomic E-state index is 0.0401. The van der Waals surface area contributed by atoms with Crippen LogP contribution >= 0.6 is 0 Å². The van der Waals surface area contributed by atoms with Crippen LogP contribution < -0.4 is 15.0 Å². The summed E-state index contributed by atoms with van der Waals surface area (Å²) in [7, 11) is 2.64. The highest BCUT2D eigenvalue weighted by atomic mass is 19.4. The third-order valence-electron chi connectivity index (χ3n) is 2.66. The largest absolute Gasteiger partial charge is 0.493 e. The van der Waals surface area contributed by atoms with Crippen LogP contribution in [-0.2, 0) is 6.18 Å². The normalized spacial score (nSPS) is 11.6. The van der Waals surface area contributed by atoms with Gasteiger partial charge in [-0.3, -0.25) is 4.79 Å². The maximum absolute atomic E-state index is 12.9. The summed E-state index contributed by atoms with van der Waals surface area (Å²) in [5.41, 5.74) is -1.90. The third-order valence-corrected chi connectivity index (χ3v) is 2.66. The number of rotatable bonds is 2. The van der Waals surface area contributed by atoms with Gasteiger partial charge in [0.05, 0.1) is 25.3 Å². The summed E-state index contributed by atoms with van der Waals surface area (Å²) in [5, 5.41) is -0.148. The molecule has 0 spiro atoms. The number of pyridine rings is 1. The molecule has 19 heavy (non-hydrogen) atoms. The zero-order chi connectivity index (χ0) is 14.2. The van der Waals surface area contributed by atoms with Crippen LogP contribution in [-0.4, -0.2) is 19.2 Å². The van der Waals surface area contributed by atoms with E-state index < -0.39 is 17.3 Å². The van der Waals surface area contributed by atoms with Gasteiger partial charge in [-0.05, 0) is 12.1 Å². The number of aromatic amines is 1. The minimum Gasteiger partial charge on any atom is -0.493 e. The lowest BCUT2D eigenvalue weighted by Crippen LogP contribution is -2.14. The zero-order valence-electron chi connectivity index (χ0n) is 10.1. The summed E-state index contributed by atoms with van der Waals surface area (Å²) in [6.07, 6.45) is -4.62. The molecule has 7 heteroatoms. The van der Waals surface area contributed by atoms with Gasteiger partial charge in [-0.15, -0.1) is 0 Å². The fourth-order valence-electron chi connectivity index (χ4n) is 1.88. The van der Waals surface area contributed by atoms with Crippen LogP contribution in [0.5, 0.6) is 11.5 Å². The number of ether oxygens (including phenoxy) is 2. The highest BCUT2D eigenvalue weighted by Crippen LogP contribution is 2.39. The van der Waals surface area contributed by atoms with Crippen molar-refractivity contribution in [3.8, 4) is 11.5 Å². The van der Waals surface area contributed by atoms with Crippen LogP contribution in [0, 0.1) is 0 Å². The summed E-state index contributed by atoms with van der Waals surface area (Å²) in [4.78, 5) is 13.7. The van der Waals surface area contributed by atoms with E-state index in [4.69, 9.17) is 9.47 Å². The quantitative estimate of drug-likeness (QED) is 0.914. The minimum atomic E-state index is -4.62. The molecule has 0 saturated heterocycles. The van der Waals surface area contributed by atoms with E-state index in [-0.39, 0.29) is 22.4 Å². The highest BCUT2D eigenvalue weighted by Gasteiger charge is 2.34. The van der Waals surface area contributed by atoms with Gasteiger partial charge in [0, 0.05) is 11.5 Å². The lowest BCUT2D eigenvalue weighted by molar-refractivity contribution is -0.136. The summed E-state index contributed by atoms with van der Waals surface area (Å²) < 4.78 is 48.7. The summed E-state index contributed by atoms with van der Waals surface area (Å²) in [5.74, 6) is 0.299. The Hall–Kier alpha value is -2.18. The lowest BCUT2D eigenvalue weighted by atomic mass is 10.1. The van der Waals surface area contributed by atoms with E-state index in [1.54, 1.807) is 0 Å². The topological polar surface area (TPSA) is 51.3 Å². The molecule has 0 unspecified atom stereocenters. The van der Waals surface area contributed by atoms with Gasteiger partial charge in [-0.1, -0.05) is 0 Å². The molecule has 0 radical (unpaired) electrons. The van der Waals surface area contributed by atoms with E-state index in [9.17, 15) is 18.0 Å². The molecule has 2 aromatic rings. The molecule has 0 aliphatic heterocycles. The van der Waals surface area contributed by atoms with Crippen LogP contribution in [0.2, 0.25) is 0 Å². The van der Waals surface area contributed by atoms with Gasteiger partial charge in [-0.2, -0.15) is 13.2 Å². The zero-order valence-corrected chi connectivity index (χ0v) is 10.1. The Morgan fingerprint density at radius 3 is 2.37 bits per heavy atom. The van der Waals surface area contributed by atoms with Crippen molar-refractivity contribution in [3.05, 3.63) is 34.1 Å². The molecule has 4 nitrogen and oxygen atoms in total. The molecule has 0 atom stereocenters. The molecule has 2 rings (SSSR count). The van der Waals surface area contributed by atoms with Gasteiger partial charge in [0.1, 0.15) is 0 Å². The molecule has 1 aromatic carbocycles. The van der Waals surface area contributed by atoms with Gasteiger partial charge >= 0.3 is 6.18 Å². The van der Waals surface area contributed by atoms with Crippen molar-refractivity contribution < 1.29 is 22.6 Å². The predicted octanol–water partition coefficient (Wildman–Crippen LogP) is 2.56. The average molecular weight is 273 g/mol. The van der Waals surface area contributed by atoms with Gasteiger partial charge in [0.25, 0.3) is 0 Å². The third kappa shape index (κ3) is 2.23. The molecule has 0 aliphatic rings. The maximum atomic E-state index is 12.9. The number of benzene rings is 1. The summed E-state index contributed by atoms with van der Waals surface area (Å²) in [6, 6.07) is 3.11. The van der Waals surface area contributed by atoms with Crippen LogP contribution in [0.4, 0.5) is 13.2 Å². The number of fused-ring (bicyclic) bond motifs is 1. The number of hydrogen-bond acceptors (Lipinski definition) is 3. The Labute approximate surface area is 105 Å². The molecule has 0 aliphatic carbocycles. The van der Waals surface area contributed by atoms with Crippen molar-refractivity contribution in [2.24, 2.45) is 0 Å². The summed E-state index contributed by atoms with van der Waals surface area (Å²) in [6.45, 7) is 0. The SMILES string of the molecule is COc1ccc2c(C(F)(F)F)cc(=O)[nH]c2c1OC. The molecule has 0 amide bonds. The first-order chi connectivity index (χ1) is 8.88. The second kappa shape index (κ2) is 4.49. The smallest absolute Gasteiger partial charge is 0.417 e. The van der Waals surface area contributed by atoms with Crippen LogP contribution in [0.3, 0.4) is 0 Å². The Bertz CT molecular complexity index is 676. The fourth-order valence-corrected chi connectivity index (χ4v) is 1.88. The van der Waals surface area contributed by atoms with Crippen molar-refractivity contribution in [1.29, 1.82) is 0 Å². The van der Waals surface area contributed by atoms with Crippen LogP contribution in [0.25, 0.3) is 10.9 Å². The Balaban J connectivity index is 2.93. The van der Waals surface area contributed by atoms with Gasteiger partial charge in [-0.25, -0.2) is 0 Å². The predicted molar refractivity (Wildman–Crippen MR) is 62.7 cm³/mol. The van der Waals surface area contributed by atoms with E-state index >= 15 is 0 Å².